The Morgan fingerprint density at radius 1 is 1.22 bits per heavy atom. The highest BCUT2D eigenvalue weighted by atomic mass is 32.2. The largest absolute Gasteiger partial charge is 0.492 e. The Kier molecular flexibility index (Phi) is 5.62. The molecule has 0 heterocycles. The van der Waals surface area contributed by atoms with Crippen LogP contribution >= 0.6 is 0 Å². The van der Waals surface area contributed by atoms with E-state index in [1.54, 1.807) is 0 Å². The Morgan fingerprint density at radius 2 is 1.94 bits per heavy atom. The molecule has 0 unspecified atom stereocenters. The zero-order chi connectivity index (χ0) is 13.6. The smallest absolute Gasteiger partial charge is 0.148 e. The van der Waals surface area contributed by atoms with Gasteiger partial charge in [-0.25, -0.2) is 8.42 Å². The summed E-state index contributed by atoms with van der Waals surface area (Å²) in [5.41, 5.74) is 2.33. The van der Waals surface area contributed by atoms with Crippen molar-refractivity contribution in [3.63, 3.8) is 0 Å². The standard InChI is InChI=1S/C13H21NO3S/c1-11-4-5-13(12(2)10-11)17-8-6-14-7-9-18(3,15)16/h4-5,10,14H,6-9H2,1-3H3. The molecular weight excluding hydrogens is 250 g/mol. The second-order valence-electron chi connectivity index (χ2n) is 4.50. The van der Waals surface area contributed by atoms with Crippen molar-refractivity contribution in [3.8, 4) is 5.75 Å². The number of hydrogen-bond donors (Lipinski definition) is 1. The van der Waals surface area contributed by atoms with E-state index in [1.807, 2.05) is 26.0 Å². The van der Waals surface area contributed by atoms with Crippen molar-refractivity contribution in [2.75, 3.05) is 31.7 Å². The molecule has 0 aromatic heterocycles. The predicted molar refractivity (Wildman–Crippen MR) is 74.0 cm³/mol. The van der Waals surface area contributed by atoms with Crippen molar-refractivity contribution >= 4 is 9.84 Å². The Balaban J connectivity index is 2.22. The topological polar surface area (TPSA) is 55.4 Å². The summed E-state index contributed by atoms with van der Waals surface area (Å²) in [6.07, 6.45) is 1.24. The number of rotatable bonds is 7. The lowest BCUT2D eigenvalue weighted by Gasteiger charge is -2.10. The molecule has 0 bridgehead atoms. The van der Waals surface area contributed by atoms with Crippen molar-refractivity contribution in [2.24, 2.45) is 0 Å². The highest BCUT2D eigenvalue weighted by Crippen LogP contribution is 2.18. The van der Waals surface area contributed by atoms with E-state index in [1.165, 1.54) is 11.8 Å². The molecule has 0 atom stereocenters. The molecule has 0 aliphatic carbocycles. The van der Waals surface area contributed by atoms with E-state index in [0.29, 0.717) is 19.7 Å². The maximum absolute atomic E-state index is 10.9. The van der Waals surface area contributed by atoms with Crippen LogP contribution in [0.15, 0.2) is 18.2 Å². The minimum atomic E-state index is -2.88. The summed E-state index contributed by atoms with van der Waals surface area (Å²) >= 11 is 0. The fraction of sp³-hybridized carbons (Fsp3) is 0.538. The zero-order valence-corrected chi connectivity index (χ0v) is 12.0. The summed E-state index contributed by atoms with van der Waals surface area (Å²) in [7, 11) is -2.88. The first kappa shape index (κ1) is 15.0. The van der Waals surface area contributed by atoms with Crippen LogP contribution in [0, 0.1) is 13.8 Å². The summed E-state index contributed by atoms with van der Waals surface area (Å²) in [6.45, 7) is 5.70. The fourth-order valence-corrected chi connectivity index (χ4v) is 2.09. The first-order valence-electron chi connectivity index (χ1n) is 5.97. The molecule has 0 saturated heterocycles. The van der Waals surface area contributed by atoms with E-state index >= 15 is 0 Å². The molecule has 0 radical (unpaired) electrons. The third-order valence-electron chi connectivity index (χ3n) is 2.52. The molecule has 1 rings (SSSR count). The maximum atomic E-state index is 10.9. The molecule has 0 amide bonds. The van der Waals surface area contributed by atoms with Crippen LogP contribution in [-0.4, -0.2) is 40.1 Å². The van der Waals surface area contributed by atoms with Gasteiger partial charge in [-0.3, -0.25) is 0 Å². The average molecular weight is 271 g/mol. The Hall–Kier alpha value is -1.07. The van der Waals surface area contributed by atoms with E-state index in [0.717, 1.165) is 11.3 Å². The maximum Gasteiger partial charge on any atom is 0.148 e. The summed E-state index contributed by atoms with van der Waals surface area (Å²) in [5, 5.41) is 3.04. The highest BCUT2D eigenvalue weighted by molar-refractivity contribution is 7.90. The van der Waals surface area contributed by atoms with E-state index < -0.39 is 9.84 Å². The van der Waals surface area contributed by atoms with Crippen LogP contribution in [0.5, 0.6) is 5.75 Å². The average Bonchev–Trinajstić information content (AvgIpc) is 2.24. The van der Waals surface area contributed by atoms with Gasteiger partial charge >= 0.3 is 0 Å². The number of benzene rings is 1. The van der Waals surface area contributed by atoms with Crippen LogP contribution < -0.4 is 10.1 Å². The van der Waals surface area contributed by atoms with E-state index in [4.69, 9.17) is 4.74 Å². The molecule has 0 aliphatic heterocycles. The van der Waals surface area contributed by atoms with Crippen LogP contribution in [0.3, 0.4) is 0 Å². The number of nitrogens with one attached hydrogen (secondary N) is 1. The predicted octanol–water partition coefficient (Wildman–Crippen LogP) is 1.32. The lowest BCUT2D eigenvalue weighted by atomic mass is 10.1. The van der Waals surface area contributed by atoms with Gasteiger partial charge in [0, 0.05) is 19.3 Å². The van der Waals surface area contributed by atoms with Crippen LogP contribution in [0.1, 0.15) is 11.1 Å². The Labute approximate surface area is 109 Å². The summed E-state index contributed by atoms with van der Waals surface area (Å²) < 4.78 is 27.4. The third-order valence-corrected chi connectivity index (χ3v) is 3.46. The second-order valence-corrected chi connectivity index (χ2v) is 6.76. The van der Waals surface area contributed by atoms with Gasteiger partial charge in [0.15, 0.2) is 0 Å². The Morgan fingerprint density at radius 3 is 2.56 bits per heavy atom. The first-order valence-corrected chi connectivity index (χ1v) is 8.03. The van der Waals surface area contributed by atoms with Gasteiger partial charge in [0.25, 0.3) is 0 Å². The van der Waals surface area contributed by atoms with Gasteiger partial charge in [-0.2, -0.15) is 0 Å². The zero-order valence-electron chi connectivity index (χ0n) is 11.2. The molecule has 0 fully saturated rings. The molecule has 1 aromatic carbocycles. The highest BCUT2D eigenvalue weighted by Gasteiger charge is 2.01. The molecule has 4 nitrogen and oxygen atoms in total. The molecule has 18 heavy (non-hydrogen) atoms. The molecule has 1 aromatic rings. The van der Waals surface area contributed by atoms with Crippen molar-refractivity contribution in [2.45, 2.75) is 13.8 Å². The van der Waals surface area contributed by atoms with Gasteiger partial charge in [-0.05, 0) is 25.5 Å². The Bertz CT molecular complexity index is 483. The van der Waals surface area contributed by atoms with Crippen LogP contribution in [0.4, 0.5) is 0 Å². The summed E-state index contributed by atoms with van der Waals surface area (Å²) in [4.78, 5) is 0. The second kappa shape index (κ2) is 6.75. The number of ether oxygens (including phenoxy) is 1. The van der Waals surface area contributed by atoms with Gasteiger partial charge in [0.1, 0.15) is 22.2 Å². The lowest BCUT2D eigenvalue weighted by Crippen LogP contribution is -2.26. The number of hydrogen-bond acceptors (Lipinski definition) is 4. The summed E-state index contributed by atoms with van der Waals surface area (Å²) in [6, 6.07) is 6.05. The van der Waals surface area contributed by atoms with Crippen molar-refractivity contribution in [3.05, 3.63) is 29.3 Å². The molecular formula is C13H21NO3S. The minimum absolute atomic E-state index is 0.163. The molecule has 102 valence electrons. The van der Waals surface area contributed by atoms with E-state index in [9.17, 15) is 8.42 Å². The number of sulfone groups is 1. The molecule has 1 N–H and O–H groups in total. The monoisotopic (exact) mass is 271 g/mol. The normalized spacial score (nSPS) is 11.5. The van der Waals surface area contributed by atoms with Crippen LogP contribution in [-0.2, 0) is 9.84 Å². The van der Waals surface area contributed by atoms with E-state index in [-0.39, 0.29) is 5.75 Å². The molecule has 0 spiro atoms. The lowest BCUT2D eigenvalue weighted by molar-refractivity contribution is 0.313. The van der Waals surface area contributed by atoms with Gasteiger partial charge in [0.2, 0.25) is 0 Å². The molecule has 0 saturated carbocycles. The van der Waals surface area contributed by atoms with Crippen molar-refractivity contribution in [1.29, 1.82) is 0 Å². The first-order chi connectivity index (χ1) is 8.38. The third kappa shape index (κ3) is 6.02. The van der Waals surface area contributed by atoms with Gasteiger partial charge in [0.05, 0.1) is 5.75 Å². The van der Waals surface area contributed by atoms with Gasteiger partial charge in [-0.1, -0.05) is 17.7 Å². The molecule has 5 heteroatoms. The van der Waals surface area contributed by atoms with Crippen LogP contribution in [0.2, 0.25) is 0 Å². The van der Waals surface area contributed by atoms with E-state index in [2.05, 4.69) is 11.4 Å². The van der Waals surface area contributed by atoms with Gasteiger partial charge < -0.3 is 10.1 Å². The minimum Gasteiger partial charge on any atom is -0.492 e. The quantitative estimate of drug-likeness (QED) is 0.760. The van der Waals surface area contributed by atoms with Crippen LogP contribution in [0.25, 0.3) is 0 Å². The summed E-state index contributed by atoms with van der Waals surface area (Å²) in [5.74, 6) is 1.04. The van der Waals surface area contributed by atoms with Crippen molar-refractivity contribution in [1.82, 2.24) is 5.32 Å². The van der Waals surface area contributed by atoms with Crippen molar-refractivity contribution < 1.29 is 13.2 Å². The fourth-order valence-electron chi connectivity index (χ4n) is 1.58. The van der Waals surface area contributed by atoms with Gasteiger partial charge in [-0.15, -0.1) is 0 Å². The number of aryl methyl sites for hydroxylation is 2. The SMILES string of the molecule is Cc1ccc(OCCNCCS(C)(=O)=O)c(C)c1. The molecule has 0 aliphatic rings.